The highest BCUT2D eigenvalue weighted by Crippen LogP contribution is 2.06. The maximum atomic E-state index is 11.3. The quantitative estimate of drug-likeness (QED) is 0.274. The van der Waals surface area contributed by atoms with Crippen LogP contribution in [-0.4, -0.2) is 18.9 Å². The summed E-state index contributed by atoms with van der Waals surface area (Å²) >= 11 is 0. The Morgan fingerprint density at radius 2 is 1.67 bits per heavy atom. The lowest BCUT2D eigenvalue weighted by atomic mass is 10.1. The van der Waals surface area contributed by atoms with E-state index in [-0.39, 0.29) is 24.6 Å². The van der Waals surface area contributed by atoms with Gasteiger partial charge in [-0.15, -0.1) is 0 Å². The molecule has 102 valence electrons. The van der Waals surface area contributed by atoms with E-state index in [0.717, 1.165) is 12.8 Å². The van der Waals surface area contributed by atoms with Crippen molar-refractivity contribution >= 4 is 11.8 Å². The minimum absolute atomic E-state index is 0.126. The van der Waals surface area contributed by atoms with Crippen LogP contribution in [0, 0.1) is 11.8 Å². The van der Waals surface area contributed by atoms with Gasteiger partial charge in [-0.2, -0.15) is 0 Å². The highest BCUT2D eigenvalue weighted by atomic mass is 16.5. The van der Waals surface area contributed by atoms with Gasteiger partial charge in [-0.25, -0.2) is 0 Å². The fourth-order valence-corrected chi connectivity index (χ4v) is 1.53. The fourth-order valence-electron chi connectivity index (χ4n) is 1.53. The summed E-state index contributed by atoms with van der Waals surface area (Å²) < 4.78 is 4.45. The molecule has 0 aliphatic carbocycles. The molecule has 0 radical (unpaired) electrons. The topological polar surface area (TPSA) is 43.4 Å². The second-order valence-electron chi connectivity index (χ2n) is 4.32. The molecule has 0 saturated carbocycles. The van der Waals surface area contributed by atoms with Crippen molar-refractivity contribution in [2.24, 2.45) is 0 Å². The number of Topliss-reactive ketones (excluding diaryl/α,β-unsaturated/α-hetero) is 1. The predicted molar refractivity (Wildman–Crippen MR) is 72.0 cm³/mol. The zero-order valence-corrected chi connectivity index (χ0v) is 11.6. The van der Waals surface area contributed by atoms with E-state index < -0.39 is 0 Å². The average molecular weight is 252 g/mol. The van der Waals surface area contributed by atoms with Crippen molar-refractivity contribution in [3.05, 3.63) is 0 Å². The van der Waals surface area contributed by atoms with Crippen LogP contribution in [0.1, 0.15) is 64.7 Å². The summed E-state index contributed by atoms with van der Waals surface area (Å²) in [6.45, 7) is 2.20. The molecular weight excluding hydrogens is 228 g/mol. The summed E-state index contributed by atoms with van der Waals surface area (Å²) in [6, 6.07) is 0. The number of esters is 1. The summed E-state index contributed by atoms with van der Waals surface area (Å²) in [5.41, 5.74) is 0. The lowest BCUT2D eigenvalue weighted by Crippen LogP contribution is -2.03. The Morgan fingerprint density at radius 3 is 2.33 bits per heavy atom. The Hall–Kier alpha value is -1.30. The molecular formula is C15H24O3. The van der Waals surface area contributed by atoms with Crippen LogP contribution in [0.25, 0.3) is 0 Å². The van der Waals surface area contributed by atoms with Crippen molar-refractivity contribution in [3.63, 3.8) is 0 Å². The van der Waals surface area contributed by atoms with E-state index >= 15 is 0 Å². The molecule has 3 nitrogen and oxygen atoms in total. The molecule has 0 atom stereocenters. The lowest BCUT2D eigenvalue weighted by Gasteiger charge is -1.96. The molecule has 0 spiro atoms. The number of hydrogen-bond acceptors (Lipinski definition) is 3. The van der Waals surface area contributed by atoms with Crippen LogP contribution in [0.15, 0.2) is 0 Å². The zero-order chi connectivity index (χ0) is 13.6. The Balaban J connectivity index is 3.46. The molecule has 0 saturated heterocycles. The summed E-state index contributed by atoms with van der Waals surface area (Å²) in [5.74, 6) is 4.90. The summed E-state index contributed by atoms with van der Waals surface area (Å²) in [7, 11) is 1.32. The molecule has 0 aromatic carbocycles. The minimum Gasteiger partial charge on any atom is -0.469 e. The van der Waals surface area contributed by atoms with Gasteiger partial charge >= 0.3 is 5.97 Å². The molecule has 0 N–H and O–H groups in total. The molecule has 0 fully saturated rings. The second kappa shape index (κ2) is 12.2. The molecule has 0 aliphatic rings. The molecule has 0 unspecified atom stereocenters. The van der Waals surface area contributed by atoms with E-state index in [1.807, 2.05) is 0 Å². The van der Waals surface area contributed by atoms with Gasteiger partial charge in [-0.1, -0.05) is 44.9 Å². The maximum absolute atomic E-state index is 11.3. The fraction of sp³-hybridized carbons (Fsp3) is 0.733. The first-order valence-electron chi connectivity index (χ1n) is 6.79. The first-order valence-corrected chi connectivity index (χ1v) is 6.79. The van der Waals surface area contributed by atoms with E-state index in [2.05, 4.69) is 23.5 Å². The van der Waals surface area contributed by atoms with E-state index in [1.54, 1.807) is 0 Å². The molecule has 0 heterocycles. The maximum Gasteiger partial charge on any atom is 0.305 e. The molecule has 0 aromatic rings. The number of methoxy groups -OCH3 is 1. The van der Waals surface area contributed by atoms with Gasteiger partial charge < -0.3 is 4.74 Å². The van der Waals surface area contributed by atoms with Crippen LogP contribution in [-0.2, 0) is 14.3 Å². The molecule has 0 bridgehead atoms. The molecule has 0 rings (SSSR count). The smallest absolute Gasteiger partial charge is 0.305 e. The lowest BCUT2D eigenvalue weighted by molar-refractivity contribution is -0.141. The molecule has 0 amide bonds. The van der Waals surface area contributed by atoms with Gasteiger partial charge in [-0.05, 0) is 12.3 Å². The highest BCUT2D eigenvalue weighted by Gasteiger charge is 2.03. The van der Waals surface area contributed by atoms with Crippen LogP contribution < -0.4 is 0 Å². The number of rotatable bonds is 9. The third kappa shape index (κ3) is 11.2. The van der Waals surface area contributed by atoms with Crippen molar-refractivity contribution < 1.29 is 14.3 Å². The number of unbranched alkanes of at least 4 members (excludes halogenated alkanes) is 6. The van der Waals surface area contributed by atoms with Crippen LogP contribution in [0.2, 0.25) is 0 Å². The van der Waals surface area contributed by atoms with Gasteiger partial charge in [0, 0.05) is 12.8 Å². The molecule has 0 aliphatic heterocycles. The third-order valence-electron chi connectivity index (χ3n) is 2.67. The highest BCUT2D eigenvalue weighted by molar-refractivity contribution is 5.96. The molecule has 0 aromatic heterocycles. The van der Waals surface area contributed by atoms with Crippen molar-refractivity contribution in [2.75, 3.05) is 7.11 Å². The summed E-state index contributed by atoms with van der Waals surface area (Å²) in [4.78, 5) is 22.1. The van der Waals surface area contributed by atoms with Crippen molar-refractivity contribution in [2.45, 2.75) is 64.7 Å². The van der Waals surface area contributed by atoms with Gasteiger partial charge in [-0.3, -0.25) is 9.59 Å². The largest absolute Gasteiger partial charge is 0.469 e. The van der Waals surface area contributed by atoms with Gasteiger partial charge in [0.2, 0.25) is 5.78 Å². The Kier molecular flexibility index (Phi) is 11.3. The predicted octanol–water partition coefficient (Wildman–Crippen LogP) is 3.26. The first kappa shape index (κ1) is 16.7. The van der Waals surface area contributed by atoms with Gasteiger partial charge in [0.1, 0.15) is 0 Å². The van der Waals surface area contributed by atoms with E-state index in [4.69, 9.17) is 0 Å². The monoisotopic (exact) mass is 252 g/mol. The van der Waals surface area contributed by atoms with Crippen LogP contribution >= 0.6 is 0 Å². The number of carbonyl (C=O) groups is 2. The zero-order valence-electron chi connectivity index (χ0n) is 11.6. The molecule has 18 heavy (non-hydrogen) atoms. The van der Waals surface area contributed by atoms with Crippen molar-refractivity contribution in [1.29, 1.82) is 0 Å². The Morgan fingerprint density at radius 1 is 1.00 bits per heavy atom. The molecule has 3 heteroatoms. The van der Waals surface area contributed by atoms with Crippen LogP contribution in [0.3, 0.4) is 0 Å². The van der Waals surface area contributed by atoms with Crippen LogP contribution in [0.5, 0.6) is 0 Å². The number of ketones is 1. The van der Waals surface area contributed by atoms with Gasteiger partial charge in [0.15, 0.2) is 0 Å². The number of carbonyl (C=O) groups excluding carboxylic acids is 2. The van der Waals surface area contributed by atoms with Gasteiger partial charge in [0.25, 0.3) is 0 Å². The Bertz CT molecular complexity index is 297. The normalized spacial score (nSPS) is 9.44. The van der Waals surface area contributed by atoms with Crippen molar-refractivity contribution in [1.82, 2.24) is 0 Å². The Labute approximate surface area is 110 Å². The number of hydrogen-bond donors (Lipinski definition) is 0. The standard InChI is InChI=1S/C15H24O3/c1-3-4-5-6-7-8-9-10-11-14(16)12-13-15(17)18-2/h3-9,12-13H2,1-2H3. The SMILES string of the molecule is CCCCCCCCC#CC(=O)CCC(=O)OC. The summed E-state index contributed by atoms with van der Waals surface area (Å²) in [5, 5.41) is 0. The number of ether oxygens (including phenoxy) is 1. The third-order valence-corrected chi connectivity index (χ3v) is 2.67. The average Bonchev–Trinajstić information content (AvgIpc) is 2.39. The van der Waals surface area contributed by atoms with E-state index in [9.17, 15) is 9.59 Å². The summed E-state index contributed by atoms with van der Waals surface area (Å²) in [6.07, 6.45) is 8.42. The minimum atomic E-state index is -0.360. The second-order valence-corrected chi connectivity index (χ2v) is 4.32. The van der Waals surface area contributed by atoms with E-state index in [1.165, 1.54) is 39.2 Å². The van der Waals surface area contributed by atoms with E-state index in [0.29, 0.717) is 0 Å². The van der Waals surface area contributed by atoms with Gasteiger partial charge in [0.05, 0.1) is 13.5 Å². The first-order chi connectivity index (χ1) is 8.70. The van der Waals surface area contributed by atoms with Crippen molar-refractivity contribution in [3.8, 4) is 11.8 Å². The van der Waals surface area contributed by atoms with Crippen LogP contribution in [0.4, 0.5) is 0 Å².